The van der Waals surface area contributed by atoms with Gasteiger partial charge in [0.15, 0.2) is 10.8 Å². The number of benzene rings is 1. The van der Waals surface area contributed by atoms with Crippen LogP contribution in [0.4, 0.5) is 19.0 Å². The Morgan fingerprint density at radius 1 is 1.10 bits per heavy atom. The zero-order valence-corrected chi connectivity index (χ0v) is 29.6. The summed E-state index contributed by atoms with van der Waals surface area (Å²) in [6, 6.07) is 19.1. The van der Waals surface area contributed by atoms with E-state index in [9.17, 15) is 26.4 Å². The van der Waals surface area contributed by atoms with Crippen LogP contribution in [0.1, 0.15) is 61.4 Å². The maximum absolute atomic E-state index is 13.2. The number of hydrogen-bond acceptors (Lipinski definition) is 9. The van der Waals surface area contributed by atoms with E-state index in [-0.39, 0.29) is 52.4 Å². The first-order chi connectivity index (χ1) is 24.2. The summed E-state index contributed by atoms with van der Waals surface area (Å²) in [5.41, 5.74) is 1.13. The Hall–Kier alpha value is -4.21. The molecule has 1 amide bonds. The highest BCUT2D eigenvalue weighted by molar-refractivity contribution is 7.90. The van der Waals surface area contributed by atoms with Crippen molar-refractivity contribution in [1.29, 1.82) is 0 Å². The van der Waals surface area contributed by atoms with Crippen molar-refractivity contribution in [2.45, 2.75) is 62.2 Å². The summed E-state index contributed by atoms with van der Waals surface area (Å²) in [5, 5.41) is 10.4. The van der Waals surface area contributed by atoms with E-state index in [1.54, 1.807) is 12.1 Å². The smallest absolute Gasteiger partial charge is 0.392 e. The minimum Gasteiger partial charge on any atom is -0.477 e. The number of nitrogens with zero attached hydrogens (tertiary/aromatic N) is 4. The van der Waals surface area contributed by atoms with Crippen LogP contribution in [0.15, 0.2) is 78.0 Å². The van der Waals surface area contributed by atoms with Crippen LogP contribution in [0, 0.1) is 17.8 Å². The van der Waals surface area contributed by atoms with Crippen LogP contribution in [0.25, 0.3) is 5.82 Å². The maximum Gasteiger partial charge on any atom is 0.392 e. The molecular weight excluding hydrogens is 707 g/mol. The predicted octanol–water partition coefficient (Wildman–Crippen LogP) is 6.38. The quantitative estimate of drug-likeness (QED) is 0.126. The van der Waals surface area contributed by atoms with Crippen LogP contribution >= 0.6 is 11.6 Å². The number of alkyl halides is 3. The number of amides is 1. The number of pyridine rings is 2. The van der Waals surface area contributed by atoms with E-state index in [2.05, 4.69) is 51.7 Å². The topological polar surface area (TPSA) is 140 Å². The SMILES string of the molecule is CC1(C)CC(C(CCNc2cccc(S(=O)(=O)NC(=O)c3ccc(-n4ccc(OCCC5CC5C(F)(F)F)n4)nc3Cl)n2)c2ccccc2)CN1. The molecule has 16 heteroatoms. The molecule has 51 heavy (non-hydrogen) atoms. The first-order valence-corrected chi connectivity index (χ1v) is 18.5. The zero-order valence-electron chi connectivity index (χ0n) is 28.0. The van der Waals surface area contributed by atoms with Gasteiger partial charge in [-0.15, -0.1) is 5.10 Å². The standard InChI is InChI=1S/C35H39ClF3N7O4S/c1-34(2)20-24(21-41-34)25(22-7-4-3-5-8-22)13-16-40-28-9-6-10-31(42-28)51(48,49)45-33(47)26-11-12-29(43-32(26)36)46-17-14-30(44-46)50-18-15-23-19-27(23)35(37,38)39/h3-12,14,17,23-25,27,41H,13,15-16,18-21H2,1-2H3,(H,40,42)(H,45,47). The van der Waals surface area contributed by atoms with E-state index in [0.29, 0.717) is 24.2 Å². The number of ether oxygens (including phenoxy) is 1. The molecule has 3 N–H and O–H groups in total. The molecule has 0 spiro atoms. The van der Waals surface area contributed by atoms with Crippen molar-refractivity contribution in [2.24, 2.45) is 17.8 Å². The molecule has 1 saturated carbocycles. The molecule has 4 aromatic rings. The summed E-state index contributed by atoms with van der Waals surface area (Å²) >= 11 is 6.29. The van der Waals surface area contributed by atoms with Crippen LogP contribution < -0.4 is 20.1 Å². The van der Waals surface area contributed by atoms with E-state index in [1.165, 1.54) is 40.7 Å². The Morgan fingerprint density at radius 2 is 1.88 bits per heavy atom. The summed E-state index contributed by atoms with van der Waals surface area (Å²) in [5.74, 6) is -1.23. The molecule has 4 heterocycles. The number of hydrogen-bond donors (Lipinski definition) is 3. The Kier molecular flexibility index (Phi) is 10.6. The first-order valence-electron chi connectivity index (χ1n) is 16.7. The minimum atomic E-state index is -4.38. The average molecular weight is 746 g/mol. The van der Waals surface area contributed by atoms with Gasteiger partial charge < -0.3 is 15.4 Å². The van der Waals surface area contributed by atoms with E-state index in [1.807, 2.05) is 22.9 Å². The molecule has 6 rings (SSSR count). The van der Waals surface area contributed by atoms with Gasteiger partial charge in [0.2, 0.25) is 5.88 Å². The number of rotatable bonds is 14. The highest BCUT2D eigenvalue weighted by Crippen LogP contribution is 2.51. The molecule has 0 bridgehead atoms. The lowest BCUT2D eigenvalue weighted by Gasteiger charge is -2.25. The second-order valence-corrected chi connectivity index (χ2v) is 15.6. The fourth-order valence-corrected chi connectivity index (χ4v) is 7.80. The summed E-state index contributed by atoms with van der Waals surface area (Å²) in [4.78, 5) is 21.4. The molecule has 0 radical (unpaired) electrons. The molecule has 2 fully saturated rings. The summed E-state index contributed by atoms with van der Waals surface area (Å²) in [6.45, 7) is 5.96. The molecule has 1 aliphatic heterocycles. The van der Waals surface area contributed by atoms with Gasteiger partial charge in [-0.1, -0.05) is 48.0 Å². The van der Waals surface area contributed by atoms with Gasteiger partial charge in [-0.2, -0.15) is 21.6 Å². The van der Waals surface area contributed by atoms with E-state index in [4.69, 9.17) is 16.3 Å². The second-order valence-electron chi connectivity index (χ2n) is 13.6. The number of anilines is 1. The van der Waals surface area contributed by atoms with Crippen molar-refractivity contribution in [1.82, 2.24) is 29.8 Å². The van der Waals surface area contributed by atoms with Crippen LogP contribution in [0.2, 0.25) is 5.15 Å². The number of aromatic nitrogens is 4. The Bertz CT molecular complexity index is 1960. The molecule has 4 unspecified atom stereocenters. The van der Waals surface area contributed by atoms with Crippen LogP contribution in [0.3, 0.4) is 0 Å². The van der Waals surface area contributed by atoms with E-state index < -0.39 is 33.9 Å². The van der Waals surface area contributed by atoms with Crippen LogP contribution in [-0.2, 0) is 10.0 Å². The summed E-state index contributed by atoms with van der Waals surface area (Å²) < 4.78 is 73.4. The van der Waals surface area contributed by atoms with E-state index >= 15 is 0 Å². The molecular formula is C35H39ClF3N7O4S. The van der Waals surface area contributed by atoms with Gasteiger partial charge in [0.1, 0.15) is 11.0 Å². The van der Waals surface area contributed by atoms with Gasteiger partial charge in [0, 0.05) is 24.3 Å². The number of nitrogens with one attached hydrogen (secondary N) is 3. The predicted molar refractivity (Wildman–Crippen MR) is 186 cm³/mol. The lowest BCUT2D eigenvalue weighted by molar-refractivity contribution is -0.151. The highest BCUT2D eigenvalue weighted by Gasteiger charge is 2.55. The van der Waals surface area contributed by atoms with Crippen molar-refractivity contribution < 1.29 is 31.1 Å². The summed E-state index contributed by atoms with van der Waals surface area (Å²) in [7, 11) is -4.38. The number of sulfonamides is 1. The van der Waals surface area contributed by atoms with Gasteiger partial charge in [-0.3, -0.25) is 4.79 Å². The number of carbonyl (C=O) groups excluding carboxylic acids is 1. The largest absolute Gasteiger partial charge is 0.477 e. The Morgan fingerprint density at radius 3 is 2.57 bits per heavy atom. The lowest BCUT2D eigenvalue weighted by atomic mass is 9.80. The molecule has 1 aromatic carbocycles. The molecule has 1 saturated heterocycles. The lowest BCUT2D eigenvalue weighted by Crippen LogP contribution is -2.31. The Labute approximate surface area is 299 Å². The molecule has 2 aliphatic rings. The summed E-state index contributed by atoms with van der Waals surface area (Å²) in [6.07, 6.45) is -0.450. The van der Waals surface area contributed by atoms with Gasteiger partial charge in [-0.05, 0) is 93.7 Å². The van der Waals surface area contributed by atoms with E-state index in [0.717, 1.165) is 19.4 Å². The third-order valence-electron chi connectivity index (χ3n) is 9.36. The second kappa shape index (κ2) is 14.8. The fraction of sp³-hybridized carbons (Fsp3) is 0.429. The molecule has 4 atom stereocenters. The van der Waals surface area contributed by atoms with Gasteiger partial charge in [-0.25, -0.2) is 19.4 Å². The van der Waals surface area contributed by atoms with Crippen molar-refractivity contribution >= 4 is 33.3 Å². The Balaban J connectivity index is 1.04. The normalized spacial score (nSPS) is 20.5. The average Bonchev–Trinajstić information content (AvgIpc) is 3.58. The van der Waals surface area contributed by atoms with Crippen molar-refractivity contribution in [3.63, 3.8) is 0 Å². The minimum absolute atomic E-state index is 0.0654. The molecule has 3 aromatic heterocycles. The number of halogens is 4. The first kappa shape index (κ1) is 36.6. The third-order valence-corrected chi connectivity index (χ3v) is 10.9. The van der Waals surface area contributed by atoms with Crippen LogP contribution in [-0.4, -0.2) is 65.5 Å². The van der Waals surface area contributed by atoms with Crippen molar-refractivity contribution in [3.05, 3.63) is 89.2 Å². The monoisotopic (exact) mass is 745 g/mol. The maximum atomic E-state index is 13.2. The fourth-order valence-electron chi connectivity index (χ4n) is 6.63. The molecule has 11 nitrogen and oxygen atoms in total. The zero-order chi connectivity index (χ0) is 36.4. The van der Waals surface area contributed by atoms with Crippen molar-refractivity contribution in [2.75, 3.05) is 25.0 Å². The van der Waals surface area contributed by atoms with Gasteiger partial charge in [0.25, 0.3) is 15.9 Å². The van der Waals surface area contributed by atoms with Gasteiger partial charge in [0.05, 0.1) is 18.1 Å². The van der Waals surface area contributed by atoms with Crippen LogP contribution in [0.5, 0.6) is 5.88 Å². The molecule has 272 valence electrons. The third kappa shape index (κ3) is 9.18. The molecule has 1 aliphatic carbocycles. The number of carbonyl (C=O) groups is 1. The van der Waals surface area contributed by atoms with Crippen molar-refractivity contribution in [3.8, 4) is 11.7 Å². The highest BCUT2D eigenvalue weighted by atomic mass is 35.5. The van der Waals surface area contributed by atoms with Gasteiger partial charge >= 0.3 is 6.18 Å².